The molecule has 86 valence electrons. The Kier molecular flexibility index (Phi) is 2.65. The zero-order valence-corrected chi connectivity index (χ0v) is 9.82. The third-order valence-corrected chi connectivity index (χ3v) is 3.86. The number of piperazine rings is 1. The van der Waals surface area contributed by atoms with Crippen molar-refractivity contribution in [1.82, 2.24) is 15.2 Å². The summed E-state index contributed by atoms with van der Waals surface area (Å²) in [6.45, 7) is 5.50. The summed E-state index contributed by atoms with van der Waals surface area (Å²) < 4.78 is 0. The summed E-state index contributed by atoms with van der Waals surface area (Å²) in [4.78, 5) is 6.93. The minimum atomic E-state index is 0.757. The van der Waals surface area contributed by atoms with Crippen LogP contribution in [0.25, 0.3) is 0 Å². The summed E-state index contributed by atoms with van der Waals surface area (Å²) in [7, 11) is 0. The number of fused-ring (bicyclic) bond motifs is 2. The van der Waals surface area contributed by atoms with Gasteiger partial charge in [-0.3, -0.25) is 9.88 Å². The van der Waals surface area contributed by atoms with Crippen LogP contribution >= 0.6 is 0 Å². The second kappa shape index (κ2) is 4.15. The molecule has 0 radical (unpaired) electrons. The Bertz CT molecular complexity index is 361. The number of rotatable bonds is 2. The fraction of sp³-hybridized carbons (Fsp3) is 0.615. The van der Waals surface area contributed by atoms with E-state index >= 15 is 0 Å². The van der Waals surface area contributed by atoms with Crippen molar-refractivity contribution in [1.29, 1.82) is 0 Å². The molecule has 0 spiro atoms. The van der Waals surface area contributed by atoms with E-state index in [4.69, 9.17) is 0 Å². The van der Waals surface area contributed by atoms with E-state index in [1.54, 1.807) is 0 Å². The molecule has 2 bridgehead atoms. The van der Waals surface area contributed by atoms with Crippen molar-refractivity contribution < 1.29 is 0 Å². The van der Waals surface area contributed by atoms with Crippen molar-refractivity contribution in [2.24, 2.45) is 0 Å². The first-order valence-electron chi connectivity index (χ1n) is 6.21. The Hall–Kier alpha value is -0.930. The Morgan fingerprint density at radius 2 is 2.12 bits per heavy atom. The van der Waals surface area contributed by atoms with Gasteiger partial charge in [0.15, 0.2) is 0 Å². The highest BCUT2D eigenvalue weighted by molar-refractivity contribution is 5.16. The van der Waals surface area contributed by atoms with Crippen LogP contribution in [-0.4, -0.2) is 35.1 Å². The largest absolute Gasteiger partial charge is 0.314 e. The second-order valence-electron chi connectivity index (χ2n) is 5.02. The number of aromatic nitrogens is 1. The van der Waals surface area contributed by atoms with Crippen molar-refractivity contribution in [3.05, 3.63) is 29.6 Å². The van der Waals surface area contributed by atoms with E-state index in [0.717, 1.165) is 24.3 Å². The summed E-state index contributed by atoms with van der Waals surface area (Å²) in [5, 5.41) is 3.52. The molecule has 1 aromatic rings. The van der Waals surface area contributed by atoms with E-state index in [9.17, 15) is 0 Å². The zero-order chi connectivity index (χ0) is 11.0. The van der Waals surface area contributed by atoms with Crippen molar-refractivity contribution in [2.75, 3.05) is 13.1 Å². The molecule has 2 unspecified atom stereocenters. The number of aryl methyl sites for hydroxylation is 1. The molecule has 3 rings (SSSR count). The Labute approximate surface area is 96.9 Å². The molecule has 0 aliphatic carbocycles. The van der Waals surface area contributed by atoms with E-state index in [2.05, 4.69) is 34.3 Å². The van der Waals surface area contributed by atoms with Crippen molar-refractivity contribution in [3.8, 4) is 0 Å². The molecule has 0 saturated carbocycles. The number of hydrogen-bond acceptors (Lipinski definition) is 3. The van der Waals surface area contributed by atoms with E-state index < -0.39 is 0 Å². The molecule has 3 heteroatoms. The van der Waals surface area contributed by atoms with Gasteiger partial charge in [-0.1, -0.05) is 0 Å². The number of hydrogen-bond donors (Lipinski definition) is 1. The van der Waals surface area contributed by atoms with Gasteiger partial charge in [0.1, 0.15) is 0 Å². The summed E-state index contributed by atoms with van der Waals surface area (Å²) in [5.41, 5.74) is 2.53. The van der Waals surface area contributed by atoms with Crippen LogP contribution in [0.5, 0.6) is 0 Å². The lowest BCUT2D eigenvalue weighted by Crippen LogP contribution is -2.51. The summed E-state index contributed by atoms with van der Waals surface area (Å²) in [5.74, 6) is 0. The molecule has 2 fully saturated rings. The van der Waals surface area contributed by atoms with Gasteiger partial charge in [0.05, 0.1) is 0 Å². The molecular weight excluding hydrogens is 198 g/mol. The van der Waals surface area contributed by atoms with E-state index in [1.807, 2.05) is 6.20 Å². The van der Waals surface area contributed by atoms with Gasteiger partial charge in [-0.2, -0.15) is 0 Å². The third kappa shape index (κ3) is 1.85. The van der Waals surface area contributed by atoms with Gasteiger partial charge in [0, 0.05) is 43.6 Å². The maximum absolute atomic E-state index is 4.26. The maximum atomic E-state index is 4.26. The normalized spacial score (nSPS) is 29.6. The zero-order valence-electron chi connectivity index (χ0n) is 9.82. The molecular formula is C13H19N3. The Morgan fingerprint density at radius 1 is 1.38 bits per heavy atom. The number of pyridine rings is 1. The molecule has 2 atom stereocenters. The van der Waals surface area contributed by atoms with Crippen LogP contribution in [0.2, 0.25) is 0 Å². The van der Waals surface area contributed by atoms with Gasteiger partial charge in [0.25, 0.3) is 0 Å². The summed E-state index contributed by atoms with van der Waals surface area (Å²) in [6, 6.07) is 5.87. The van der Waals surface area contributed by atoms with Gasteiger partial charge in [-0.25, -0.2) is 0 Å². The van der Waals surface area contributed by atoms with Crippen molar-refractivity contribution in [3.63, 3.8) is 0 Å². The molecule has 3 nitrogen and oxygen atoms in total. The second-order valence-corrected chi connectivity index (χ2v) is 5.02. The predicted octanol–water partition coefficient (Wildman–Crippen LogP) is 1.33. The number of nitrogens with one attached hydrogen (secondary N) is 1. The highest BCUT2D eigenvalue weighted by atomic mass is 15.3. The van der Waals surface area contributed by atoms with Crippen LogP contribution in [0, 0.1) is 6.92 Å². The van der Waals surface area contributed by atoms with Gasteiger partial charge >= 0.3 is 0 Å². The molecule has 1 aromatic heterocycles. The Balaban J connectivity index is 1.75. The smallest absolute Gasteiger partial charge is 0.0375 e. The summed E-state index contributed by atoms with van der Waals surface area (Å²) in [6.07, 6.45) is 4.65. The van der Waals surface area contributed by atoms with Crippen LogP contribution in [0.4, 0.5) is 0 Å². The number of nitrogens with zero attached hydrogens (tertiary/aromatic N) is 2. The lowest BCUT2D eigenvalue weighted by molar-refractivity contribution is 0.145. The lowest BCUT2D eigenvalue weighted by Gasteiger charge is -2.35. The molecule has 2 saturated heterocycles. The average Bonchev–Trinajstić information content (AvgIpc) is 2.51. The van der Waals surface area contributed by atoms with Crippen LogP contribution in [0.15, 0.2) is 18.3 Å². The first kappa shape index (κ1) is 10.2. The van der Waals surface area contributed by atoms with Crippen LogP contribution in [0.1, 0.15) is 24.1 Å². The standard InChI is InChI=1S/C13H19N3/c1-10-6-11(4-5-15-10)9-16-12-2-3-13(16)8-14-7-12/h4-6,12-14H,2-3,7-9H2,1H3. The minimum Gasteiger partial charge on any atom is -0.314 e. The third-order valence-electron chi connectivity index (χ3n) is 3.86. The molecule has 0 amide bonds. The fourth-order valence-corrected chi connectivity index (χ4v) is 3.04. The molecule has 1 N–H and O–H groups in total. The molecule has 2 aliphatic heterocycles. The maximum Gasteiger partial charge on any atom is 0.0375 e. The summed E-state index contributed by atoms with van der Waals surface area (Å²) >= 11 is 0. The van der Waals surface area contributed by atoms with Gasteiger partial charge in [0.2, 0.25) is 0 Å². The molecule has 3 heterocycles. The first-order chi connectivity index (χ1) is 7.83. The SMILES string of the molecule is Cc1cc(CN2C3CCC2CNC3)ccn1. The van der Waals surface area contributed by atoms with Gasteiger partial charge in [-0.15, -0.1) is 0 Å². The van der Waals surface area contributed by atoms with E-state index in [0.29, 0.717) is 0 Å². The van der Waals surface area contributed by atoms with E-state index in [-0.39, 0.29) is 0 Å². The van der Waals surface area contributed by atoms with Gasteiger partial charge < -0.3 is 5.32 Å². The monoisotopic (exact) mass is 217 g/mol. The van der Waals surface area contributed by atoms with E-state index in [1.165, 1.54) is 31.5 Å². The quantitative estimate of drug-likeness (QED) is 0.810. The highest BCUT2D eigenvalue weighted by Crippen LogP contribution is 2.28. The molecule has 0 aromatic carbocycles. The fourth-order valence-electron chi connectivity index (χ4n) is 3.04. The highest BCUT2D eigenvalue weighted by Gasteiger charge is 2.35. The van der Waals surface area contributed by atoms with Crippen LogP contribution in [-0.2, 0) is 6.54 Å². The van der Waals surface area contributed by atoms with Crippen LogP contribution < -0.4 is 5.32 Å². The lowest BCUT2D eigenvalue weighted by atomic mass is 10.1. The predicted molar refractivity (Wildman–Crippen MR) is 64.2 cm³/mol. The van der Waals surface area contributed by atoms with Crippen molar-refractivity contribution >= 4 is 0 Å². The van der Waals surface area contributed by atoms with Crippen molar-refractivity contribution in [2.45, 2.75) is 38.4 Å². The average molecular weight is 217 g/mol. The molecule has 16 heavy (non-hydrogen) atoms. The Morgan fingerprint density at radius 3 is 2.81 bits per heavy atom. The molecule has 2 aliphatic rings. The minimum absolute atomic E-state index is 0.757. The van der Waals surface area contributed by atoms with Crippen LogP contribution in [0.3, 0.4) is 0 Å². The van der Waals surface area contributed by atoms with Gasteiger partial charge in [-0.05, 0) is 37.5 Å². The first-order valence-corrected chi connectivity index (χ1v) is 6.21. The topological polar surface area (TPSA) is 28.2 Å².